The van der Waals surface area contributed by atoms with Crippen LogP contribution in [0.15, 0.2) is 18.2 Å². The monoisotopic (exact) mass is 238 g/mol. The number of rotatable bonds is 4. The minimum Gasteiger partial charge on any atom is -0.399 e. The Labute approximate surface area is 101 Å². The summed E-state index contributed by atoms with van der Waals surface area (Å²) in [4.78, 5) is 11.8. The van der Waals surface area contributed by atoms with Gasteiger partial charge in [-0.15, -0.1) is 11.8 Å². The number of carbonyl (C=O) groups is 1. The van der Waals surface area contributed by atoms with Crippen molar-refractivity contribution in [2.45, 2.75) is 26.0 Å². The van der Waals surface area contributed by atoms with E-state index in [-0.39, 0.29) is 11.2 Å². The van der Waals surface area contributed by atoms with Crippen LogP contribution in [0.3, 0.4) is 0 Å². The second-order valence-electron chi connectivity index (χ2n) is 3.66. The van der Waals surface area contributed by atoms with Crippen molar-refractivity contribution in [1.29, 1.82) is 0 Å². The first-order valence-corrected chi connectivity index (χ1v) is 6.38. The third kappa shape index (κ3) is 3.45. The molecule has 0 bridgehead atoms. The summed E-state index contributed by atoms with van der Waals surface area (Å²) in [5, 5.41) is 2.88. The fraction of sp³-hybridized carbons (Fsp3) is 0.417. The third-order valence-corrected chi connectivity index (χ3v) is 3.34. The van der Waals surface area contributed by atoms with Crippen molar-refractivity contribution < 1.29 is 4.79 Å². The quantitative estimate of drug-likeness (QED) is 0.793. The molecule has 4 heteroatoms. The Kier molecular flexibility index (Phi) is 4.68. The summed E-state index contributed by atoms with van der Waals surface area (Å²) in [5.41, 5.74) is 8.19. The van der Waals surface area contributed by atoms with Crippen LogP contribution in [0.2, 0.25) is 0 Å². The Morgan fingerprint density at radius 3 is 2.81 bits per heavy atom. The van der Waals surface area contributed by atoms with Gasteiger partial charge >= 0.3 is 0 Å². The van der Waals surface area contributed by atoms with Crippen molar-refractivity contribution >= 4 is 29.0 Å². The number of benzene rings is 1. The maximum Gasteiger partial charge on any atom is 0.237 e. The lowest BCUT2D eigenvalue weighted by Crippen LogP contribution is -2.23. The minimum absolute atomic E-state index is 0.0260. The van der Waals surface area contributed by atoms with Gasteiger partial charge in [-0.05, 0) is 43.4 Å². The molecule has 3 nitrogen and oxygen atoms in total. The number of carbonyl (C=O) groups excluding carboxylic acids is 1. The molecule has 0 heterocycles. The fourth-order valence-corrected chi connectivity index (χ4v) is 2.10. The molecule has 1 atom stereocenters. The molecule has 0 aromatic heterocycles. The smallest absolute Gasteiger partial charge is 0.237 e. The summed E-state index contributed by atoms with van der Waals surface area (Å²) in [6, 6.07) is 5.49. The topological polar surface area (TPSA) is 55.1 Å². The SMILES string of the molecule is CCSC(C)C(=O)Nc1ccc(N)cc1C. The van der Waals surface area contributed by atoms with E-state index < -0.39 is 0 Å². The Bertz CT molecular complexity index is 379. The summed E-state index contributed by atoms with van der Waals surface area (Å²) in [6.45, 7) is 5.89. The lowest BCUT2D eigenvalue weighted by molar-refractivity contribution is -0.115. The molecule has 0 radical (unpaired) electrons. The van der Waals surface area contributed by atoms with Crippen molar-refractivity contribution in [3.63, 3.8) is 0 Å². The predicted octanol–water partition coefficient (Wildman–Crippen LogP) is 2.66. The van der Waals surface area contributed by atoms with Crippen LogP contribution >= 0.6 is 11.8 Å². The number of amides is 1. The van der Waals surface area contributed by atoms with Crippen LogP contribution in [-0.4, -0.2) is 16.9 Å². The molecule has 0 aliphatic rings. The van der Waals surface area contributed by atoms with Gasteiger partial charge in [-0.3, -0.25) is 4.79 Å². The van der Waals surface area contributed by atoms with E-state index in [1.165, 1.54) is 0 Å². The number of hydrogen-bond acceptors (Lipinski definition) is 3. The second kappa shape index (κ2) is 5.80. The van der Waals surface area contributed by atoms with Gasteiger partial charge in [-0.2, -0.15) is 0 Å². The van der Waals surface area contributed by atoms with Crippen LogP contribution in [0.25, 0.3) is 0 Å². The van der Waals surface area contributed by atoms with Crippen molar-refractivity contribution in [3.05, 3.63) is 23.8 Å². The van der Waals surface area contributed by atoms with Gasteiger partial charge in [0, 0.05) is 11.4 Å². The predicted molar refractivity (Wildman–Crippen MR) is 71.8 cm³/mol. The third-order valence-electron chi connectivity index (χ3n) is 2.29. The number of hydrogen-bond donors (Lipinski definition) is 2. The Morgan fingerprint density at radius 2 is 2.25 bits per heavy atom. The largest absolute Gasteiger partial charge is 0.399 e. The zero-order valence-electron chi connectivity index (χ0n) is 9.91. The van der Waals surface area contributed by atoms with Crippen LogP contribution in [0.5, 0.6) is 0 Å². The highest BCUT2D eigenvalue weighted by Gasteiger charge is 2.13. The maximum absolute atomic E-state index is 11.8. The molecule has 1 amide bonds. The van der Waals surface area contributed by atoms with E-state index >= 15 is 0 Å². The van der Waals surface area contributed by atoms with E-state index in [0.29, 0.717) is 5.69 Å². The minimum atomic E-state index is -0.0260. The van der Waals surface area contributed by atoms with Crippen molar-refractivity contribution in [3.8, 4) is 0 Å². The highest BCUT2D eigenvalue weighted by molar-refractivity contribution is 8.00. The average Bonchev–Trinajstić information content (AvgIpc) is 2.22. The van der Waals surface area contributed by atoms with E-state index in [1.807, 2.05) is 32.9 Å². The lowest BCUT2D eigenvalue weighted by atomic mass is 10.2. The highest BCUT2D eigenvalue weighted by Crippen LogP contribution is 2.19. The van der Waals surface area contributed by atoms with Crippen LogP contribution < -0.4 is 11.1 Å². The Hall–Kier alpha value is -1.16. The molecule has 16 heavy (non-hydrogen) atoms. The summed E-state index contributed by atoms with van der Waals surface area (Å²) in [6.07, 6.45) is 0. The number of nitrogen functional groups attached to an aromatic ring is 1. The van der Waals surface area contributed by atoms with Gasteiger partial charge in [0.1, 0.15) is 0 Å². The van der Waals surface area contributed by atoms with Crippen molar-refractivity contribution in [2.24, 2.45) is 0 Å². The van der Waals surface area contributed by atoms with Crippen LogP contribution in [0, 0.1) is 6.92 Å². The van der Waals surface area contributed by atoms with E-state index in [2.05, 4.69) is 5.32 Å². The zero-order chi connectivity index (χ0) is 12.1. The number of thioether (sulfide) groups is 1. The maximum atomic E-state index is 11.8. The molecular weight excluding hydrogens is 220 g/mol. The Balaban J connectivity index is 2.69. The summed E-state index contributed by atoms with van der Waals surface area (Å²) >= 11 is 1.63. The molecular formula is C12H18N2OS. The van der Waals surface area contributed by atoms with Crippen LogP contribution in [0.1, 0.15) is 19.4 Å². The van der Waals surface area contributed by atoms with Gasteiger partial charge < -0.3 is 11.1 Å². The van der Waals surface area contributed by atoms with Crippen LogP contribution in [0.4, 0.5) is 11.4 Å². The standard InChI is InChI=1S/C12H18N2OS/c1-4-16-9(3)12(15)14-11-6-5-10(13)7-8(11)2/h5-7,9H,4,13H2,1-3H3,(H,14,15). The summed E-state index contributed by atoms with van der Waals surface area (Å²) in [7, 11) is 0. The lowest BCUT2D eigenvalue weighted by Gasteiger charge is -2.13. The molecule has 1 aromatic rings. The second-order valence-corrected chi connectivity index (χ2v) is 5.28. The molecule has 0 fully saturated rings. The van der Waals surface area contributed by atoms with Gasteiger partial charge in [0.2, 0.25) is 5.91 Å². The molecule has 1 rings (SSSR count). The summed E-state index contributed by atoms with van der Waals surface area (Å²) in [5.74, 6) is 0.981. The van der Waals surface area contributed by atoms with E-state index in [4.69, 9.17) is 5.73 Å². The fourth-order valence-electron chi connectivity index (χ4n) is 1.39. The number of aryl methyl sites for hydroxylation is 1. The van der Waals surface area contributed by atoms with Crippen molar-refractivity contribution in [1.82, 2.24) is 0 Å². The van der Waals surface area contributed by atoms with Gasteiger partial charge in [-0.1, -0.05) is 6.92 Å². The Morgan fingerprint density at radius 1 is 1.56 bits per heavy atom. The number of anilines is 2. The van der Waals surface area contributed by atoms with Gasteiger partial charge in [0.15, 0.2) is 0 Å². The molecule has 0 saturated carbocycles. The number of nitrogens with one attached hydrogen (secondary N) is 1. The van der Waals surface area contributed by atoms with Gasteiger partial charge in [-0.25, -0.2) is 0 Å². The molecule has 1 unspecified atom stereocenters. The molecule has 0 aliphatic heterocycles. The van der Waals surface area contributed by atoms with Gasteiger partial charge in [0.05, 0.1) is 5.25 Å². The summed E-state index contributed by atoms with van der Waals surface area (Å²) < 4.78 is 0. The molecule has 0 saturated heterocycles. The first-order valence-electron chi connectivity index (χ1n) is 5.33. The first-order chi connectivity index (χ1) is 7.54. The molecule has 0 spiro atoms. The molecule has 0 aliphatic carbocycles. The zero-order valence-corrected chi connectivity index (χ0v) is 10.7. The van der Waals surface area contributed by atoms with E-state index in [9.17, 15) is 4.79 Å². The molecule has 1 aromatic carbocycles. The average molecular weight is 238 g/mol. The number of nitrogens with two attached hydrogens (primary N) is 1. The van der Waals surface area contributed by atoms with E-state index in [1.54, 1.807) is 17.8 Å². The van der Waals surface area contributed by atoms with Crippen molar-refractivity contribution in [2.75, 3.05) is 16.8 Å². The normalized spacial score (nSPS) is 12.2. The highest BCUT2D eigenvalue weighted by atomic mass is 32.2. The van der Waals surface area contributed by atoms with E-state index in [0.717, 1.165) is 17.0 Å². The first kappa shape index (κ1) is 12.9. The van der Waals surface area contributed by atoms with Gasteiger partial charge in [0.25, 0.3) is 0 Å². The molecule has 88 valence electrons. The van der Waals surface area contributed by atoms with Crippen LogP contribution in [-0.2, 0) is 4.79 Å². The molecule has 3 N–H and O–H groups in total.